The number of nitrogens with one attached hydrogen (secondary N) is 1. The number of ether oxygens (including phenoxy) is 1. The predicted molar refractivity (Wildman–Crippen MR) is 73.5 cm³/mol. The minimum absolute atomic E-state index is 0.110. The second kappa shape index (κ2) is 7.95. The molecule has 0 unspecified atom stereocenters. The Morgan fingerprint density at radius 3 is 2.50 bits per heavy atom. The first-order valence-corrected chi connectivity index (χ1v) is 6.41. The lowest BCUT2D eigenvalue weighted by atomic mass is 10.0. The fraction of sp³-hybridized carbons (Fsp3) is 0.400. The summed E-state index contributed by atoms with van der Waals surface area (Å²) < 4.78 is 4.75. The van der Waals surface area contributed by atoms with Crippen LogP contribution >= 0.6 is 0 Å². The molecular formula is C15H18N2O3. The average molecular weight is 274 g/mol. The van der Waals surface area contributed by atoms with Crippen LogP contribution in [0.3, 0.4) is 0 Å². The summed E-state index contributed by atoms with van der Waals surface area (Å²) in [6.45, 7) is 3.30. The van der Waals surface area contributed by atoms with Crippen LogP contribution in [0.4, 0.5) is 0 Å². The average Bonchev–Trinajstić information content (AvgIpc) is 2.43. The zero-order valence-corrected chi connectivity index (χ0v) is 11.6. The third-order valence-corrected chi connectivity index (χ3v) is 2.72. The molecule has 0 fully saturated rings. The molecule has 5 nitrogen and oxygen atoms in total. The first kappa shape index (κ1) is 15.7. The monoisotopic (exact) mass is 274 g/mol. The van der Waals surface area contributed by atoms with Gasteiger partial charge in [0, 0.05) is 0 Å². The Morgan fingerprint density at radius 2 is 1.95 bits per heavy atom. The molecular weight excluding hydrogens is 256 g/mol. The Bertz CT molecular complexity index is 492. The van der Waals surface area contributed by atoms with Gasteiger partial charge in [0.25, 0.3) is 0 Å². The van der Waals surface area contributed by atoms with E-state index in [9.17, 15) is 9.59 Å². The van der Waals surface area contributed by atoms with Gasteiger partial charge in [0.15, 0.2) is 6.61 Å². The molecule has 106 valence electrons. The third kappa shape index (κ3) is 5.11. The Morgan fingerprint density at radius 1 is 1.30 bits per heavy atom. The van der Waals surface area contributed by atoms with Crippen LogP contribution in [0.1, 0.15) is 19.4 Å². The highest BCUT2D eigenvalue weighted by molar-refractivity contribution is 5.85. The molecule has 20 heavy (non-hydrogen) atoms. The van der Waals surface area contributed by atoms with E-state index >= 15 is 0 Å². The normalized spacial score (nSPS) is 11.5. The summed E-state index contributed by atoms with van der Waals surface area (Å²) in [5.74, 6) is -0.937. The molecule has 0 aliphatic heterocycles. The smallest absolute Gasteiger partial charge is 0.329 e. The van der Waals surface area contributed by atoms with Gasteiger partial charge in [0.2, 0.25) is 5.91 Å². The molecule has 0 radical (unpaired) electrons. The molecule has 1 aromatic rings. The number of hydrogen-bond donors (Lipinski definition) is 1. The van der Waals surface area contributed by atoms with E-state index in [0.29, 0.717) is 0 Å². The third-order valence-electron chi connectivity index (χ3n) is 2.72. The summed E-state index contributed by atoms with van der Waals surface area (Å²) in [5, 5.41) is 11.0. The summed E-state index contributed by atoms with van der Waals surface area (Å²) in [5.41, 5.74) is 0.873. The zero-order chi connectivity index (χ0) is 15.0. The van der Waals surface area contributed by atoms with Gasteiger partial charge in [-0.15, -0.1) is 0 Å². The van der Waals surface area contributed by atoms with Crippen LogP contribution in [0.25, 0.3) is 0 Å². The predicted octanol–water partition coefficient (Wildman–Crippen LogP) is 1.44. The lowest BCUT2D eigenvalue weighted by Gasteiger charge is -2.20. The number of nitriles is 1. The van der Waals surface area contributed by atoms with Crippen molar-refractivity contribution in [3.8, 4) is 6.07 Å². The number of esters is 1. The van der Waals surface area contributed by atoms with E-state index in [1.165, 1.54) is 0 Å². The molecule has 0 heterocycles. The largest absolute Gasteiger partial charge is 0.449 e. The van der Waals surface area contributed by atoms with E-state index in [-0.39, 0.29) is 24.9 Å². The molecule has 1 N–H and O–H groups in total. The molecule has 5 heteroatoms. The maximum absolute atomic E-state index is 11.9. The van der Waals surface area contributed by atoms with Gasteiger partial charge in [0.1, 0.15) is 12.1 Å². The van der Waals surface area contributed by atoms with Crippen LogP contribution in [0.2, 0.25) is 0 Å². The number of carbonyl (C=O) groups is 2. The van der Waals surface area contributed by atoms with Crippen molar-refractivity contribution in [2.24, 2.45) is 5.92 Å². The van der Waals surface area contributed by atoms with Gasteiger partial charge in [-0.3, -0.25) is 4.79 Å². The van der Waals surface area contributed by atoms with Gasteiger partial charge in [-0.25, -0.2) is 4.79 Å². The van der Waals surface area contributed by atoms with Crippen molar-refractivity contribution in [3.63, 3.8) is 0 Å². The summed E-state index contributed by atoms with van der Waals surface area (Å²) in [6.07, 6.45) is 0.204. The number of hydrogen-bond acceptors (Lipinski definition) is 4. The molecule has 1 aromatic carbocycles. The van der Waals surface area contributed by atoms with Crippen LogP contribution in [-0.4, -0.2) is 24.5 Å². The number of benzene rings is 1. The minimum Gasteiger partial charge on any atom is -0.449 e. The molecule has 0 spiro atoms. The fourth-order valence-electron chi connectivity index (χ4n) is 1.70. The van der Waals surface area contributed by atoms with E-state index in [1.54, 1.807) is 19.9 Å². The number of rotatable bonds is 6. The topological polar surface area (TPSA) is 79.2 Å². The van der Waals surface area contributed by atoms with Crippen molar-refractivity contribution in [3.05, 3.63) is 35.9 Å². The summed E-state index contributed by atoms with van der Waals surface area (Å²) in [6, 6.07) is 10.3. The maximum Gasteiger partial charge on any atom is 0.329 e. The van der Waals surface area contributed by atoms with E-state index in [2.05, 4.69) is 5.32 Å². The highest BCUT2D eigenvalue weighted by atomic mass is 16.5. The van der Waals surface area contributed by atoms with Gasteiger partial charge in [-0.05, 0) is 11.5 Å². The van der Waals surface area contributed by atoms with Gasteiger partial charge in [0.05, 0.1) is 6.42 Å². The molecule has 0 aromatic heterocycles. The van der Waals surface area contributed by atoms with Crippen molar-refractivity contribution < 1.29 is 14.3 Å². The Kier molecular flexibility index (Phi) is 6.24. The number of carbonyl (C=O) groups excluding carboxylic acids is 2. The molecule has 1 atom stereocenters. The van der Waals surface area contributed by atoms with Gasteiger partial charge in [-0.2, -0.15) is 5.26 Å². The number of amides is 1. The van der Waals surface area contributed by atoms with Crippen molar-refractivity contribution in [1.29, 1.82) is 5.26 Å². The van der Waals surface area contributed by atoms with E-state index < -0.39 is 12.0 Å². The fourth-order valence-corrected chi connectivity index (χ4v) is 1.70. The SMILES string of the molecule is CC(C)[C@@H](NC(=O)Cc1ccccc1)C(=O)OCC#N. The molecule has 0 aliphatic rings. The zero-order valence-electron chi connectivity index (χ0n) is 11.6. The second-order valence-electron chi connectivity index (χ2n) is 4.72. The van der Waals surface area contributed by atoms with Gasteiger partial charge < -0.3 is 10.1 Å². The summed E-state index contributed by atoms with van der Waals surface area (Å²) in [7, 11) is 0. The molecule has 0 saturated carbocycles. The van der Waals surface area contributed by atoms with Crippen LogP contribution in [-0.2, 0) is 20.7 Å². The summed E-state index contributed by atoms with van der Waals surface area (Å²) in [4.78, 5) is 23.7. The van der Waals surface area contributed by atoms with E-state index in [1.807, 2.05) is 30.3 Å². The second-order valence-corrected chi connectivity index (χ2v) is 4.72. The van der Waals surface area contributed by atoms with Gasteiger partial charge in [-0.1, -0.05) is 44.2 Å². The van der Waals surface area contributed by atoms with Crippen molar-refractivity contribution >= 4 is 11.9 Å². The van der Waals surface area contributed by atoms with Crippen molar-refractivity contribution in [1.82, 2.24) is 5.32 Å². The molecule has 1 rings (SSSR count). The standard InChI is InChI=1S/C15H18N2O3/c1-11(2)14(15(19)20-9-8-16)17-13(18)10-12-6-4-3-5-7-12/h3-7,11,14H,9-10H2,1-2H3,(H,17,18)/t14-/m1/s1. The molecule has 0 aliphatic carbocycles. The van der Waals surface area contributed by atoms with Crippen LogP contribution in [0.5, 0.6) is 0 Å². The van der Waals surface area contributed by atoms with Crippen molar-refractivity contribution in [2.75, 3.05) is 6.61 Å². The highest BCUT2D eigenvalue weighted by Gasteiger charge is 2.25. The van der Waals surface area contributed by atoms with Crippen LogP contribution in [0, 0.1) is 17.2 Å². The quantitative estimate of drug-likeness (QED) is 0.796. The number of nitrogens with zero attached hydrogens (tertiary/aromatic N) is 1. The van der Waals surface area contributed by atoms with Crippen LogP contribution < -0.4 is 5.32 Å². The Hall–Kier alpha value is -2.35. The lowest BCUT2D eigenvalue weighted by molar-refractivity contribution is -0.147. The van der Waals surface area contributed by atoms with Crippen LogP contribution in [0.15, 0.2) is 30.3 Å². The first-order chi connectivity index (χ1) is 9.54. The summed E-state index contributed by atoms with van der Waals surface area (Å²) >= 11 is 0. The Balaban J connectivity index is 2.59. The Labute approximate surface area is 118 Å². The van der Waals surface area contributed by atoms with E-state index in [0.717, 1.165) is 5.56 Å². The maximum atomic E-state index is 11.9. The molecule has 0 bridgehead atoms. The minimum atomic E-state index is -0.737. The lowest BCUT2D eigenvalue weighted by Crippen LogP contribution is -2.45. The van der Waals surface area contributed by atoms with Gasteiger partial charge >= 0.3 is 5.97 Å². The highest BCUT2D eigenvalue weighted by Crippen LogP contribution is 2.06. The molecule has 0 saturated heterocycles. The van der Waals surface area contributed by atoms with E-state index in [4.69, 9.17) is 10.00 Å². The molecule has 1 amide bonds. The first-order valence-electron chi connectivity index (χ1n) is 6.41. The van der Waals surface area contributed by atoms with Crippen molar-refractivity contribution in [2.45, 2.75) is 26.3 Å².